The molecule has 0 spiro atoms. The SMILES string of the molecule is CC(N)CCS(=O)(=O)CC(=O)NCC1CC1. The summed E-state index contributed by atoms with van der Waals surface area (Å²) in [5.74, 6) is -0.249. The number of amides is 1. The fourth-order valence-corrected chi connectivity index (χ4v) is 2.65. The van der Waals surface area contributed by atoms with Crippen molar-refractivity contribution in [2.45, 2.75) is 32.2 Å². The van der Waals surface area contributed by atoms with Crippen LogP contribution in [0.15, 0.2) is 0 Å². The maximum Gasteiger partial charge on any atom is 0.235 e. The van der Waals surface area contributed by atoms with Crippen LogP contribution in [0.5, 0.6) is 0 Å². The molecule has 1 unspecified atom stereocenters. The molecule has 0 aliphatic heterocycles. The van der Waals surface area contributed by atoms with Gasteiger partial charge >= 0.3 is 0 Å². The van der Waals surface area contributed by atoms with Gasteiger partial charge in [0.1, 0.15) is 5.75 Å². The standard InChI is InChI=1S/C10H20N2O3S/c1-8(11)4-5-16(14,15)7-10(13)12-6-9-2-3-9/h8-9H,2-7,11H2,1H3,(H,12,13). The molecule has 6 heteroatoms. The summed E-state index contributed by atoms with van der Waals surface area (Å²) in [7, 11) is -3.30. The van der Waals surface area contributed by atoms with E-state index in [-0.39, 0.29) is 11.8 Å². The third-order valence-corrected chi connectivity index (χ3v) is 4.08. The van der Waals surface area contributed by atoms with Crippen LogP contribution in [0.4, 0.5) is 0 Å². The summed E-state index contributed by atoms with van der Waals surface area (Å²) in [5, 5.41) is 2.64. The van der Waals surface area contributed by atoms with Crippen molar-refractivity contribution in [2.75, 3.05) is 18.1 Å². The molecule has 0 aromatic carbocycles. The highest BCUT2D eigenvalue weighted by Gasteiger charge is 2.23. The number of hydrogen-bond acceptors (Lipinski definition) is 4. The van der Waals surface area contributed by atoms with Crippen LogP contribution in [-0.2, 0) is 14.6 Å². The fraction of sp³-hybridized carbons (Fsp3) is 0.900. The summed E-state index contributed by atoms with van der Waals surface area (Å²) >= 11 is 0. The van der Waals surface area contributed by atoms with Crippen molar-refractivity contribution < 1.29 is 13.2 Å². The van der Waals surface area contributed by atoms with Crippen LogP contribution in [0.1, 0.15) is 26.2 Å². The Morgan fingerprint density at radius 1 is 1.50 bits per heavy atom. The van der Waals surface area contributed by atoms with Gasteiger partial charge in [-0.3, -0.25) is 4.79 Å². The molecule has 1 amide bonds. The molecule has 0 bridgehead atoms. The van der Waals surface area contributed by atoms with Gasteiger partial charge in [0, 0.05) is 12.6 Å². The first kappa shape index (κ1) is 13.4. The van der Waals surface area contributed by atoms with Gasteiger partial charge in [-0.1, -0.05) is 0 Å². The highest BCUT2D eigenvalue weighted by molar-refractivity contribution is 7.92. The second-order valence-electron chi connectivity index (χ2n) is 4.61. The normalized spacial score (nSPS) is 18.1. The zero-order valence-electron chi connectivity index (χ0n) is 9.61. The first-order valence-electron chi connectivity index (χ1n) is 5.62. The number of nitrogens with two attached hydrogens (primary N) is 1. The molecule has 5 nitrogen and oxygen atoms in total. The van der Waals surface area contributed by atoms with Crippen molar-refractivity contribution in [3.8, 4) is 0 Å². The molecule has 0 radical (unpaired) electrons. The molecular weight excluding hydrogens is 228 g/mol. The van der Waals surface area contributed by atoms with Gasteiger partial charge in [0.2, 0.25) is 5.91 Å². The summed E-state index contributed by atoms with van der Waals surface area (Å²) in [6.07, 6.45) is 2.67. The third-order valence-electron chi connectivity index (χ3n) is 2.52. The molecule has 16 heavy (non-hydrogen) atoms. The number of hydrogen-bond donors (Lipinski definition) is 2. The van der Waals surface area contributed by atoms with Crippen LogP contribution in [0.3, 0.4) is 0 Å². The molecule has 1 atom stereocenters. The van der Waals surface area contributed by atoms with Crippen molar-refractivity contribution in [3.63, 3.8) is 0 Å². The quantitative estimate of drug-likeness (QED) is 0.645. The molecule has 1 aliphatic carbocycles. The Labute approximate surface area is 96.7 Å². The Morgan fingerprint density at radius 3 is 2.62 bits per heavy atom. The predicted octanol–water partition coefficient (Wildman–Crippen LogP) is -0.335. The van der Waals surface area contributed by atoms with Crippen molar-refractivity contribution in [1.29, 1.82) is 0 Å². The molecule has 1 rings (SSSR count). The Kier molecular flexibility index (Phi) is 4.73. The highest BCUT2D eigenvalue weighted by Crippen LogP contribution is 2.27. The molecular formula is C10H20N2O3S. The highest BCUT2D eigenvalue weighted by atomic mass is 32.2. The molecule has 1 saturated carbocycles. The largest absolute Gasteiger partial charge is 0.355 e. The van der Waals surface area contributed by atoms with Gasteiger partial charge in [0.05, 0.1) is 5.75 Å². The molecule has 0 aromatic heterocycles. The monoisotopic (exact) mass is 248 g/mol. The lowest BCUT2D eigenvalue weighted by Gasteiger charge is -2.07. The average molecular weight is 248 g/mol. The van der Waals surface area contributed by atoms with E-state index < -0.39 is 21.5 Å². The third kappa shape index (κ3) is 6.07. The van der Waals surface area contributed by atoms with E-state index in [0.29, 0.717) is 18.9 Å². The van der Waals surface area contributed by atoms with Crippen LogP contribution >= 0.6 is 0 Å². The molecule has 1 aliphatic rings. The maximum atomic E-state index is 11.5. The average Bonchev–Trinajstić information content (AvgIpc) is 2.94. The van der Waals surface area contributed by atoms with Crippen LogP contribution < -0.4 is 11.1 Å². The molecule has 0 aromatic rings. The van der Waals surface area contributed by atoms with Crippen molar-refractivity contribution in [3.05, 3.63) is 0 Å². The Morgan fingerprint density at radius 2 is 2.12 bits per heavy atom. The van der Waals surface area contributed by atoms with E-state index in [2.05, 4.69) is 5.32 Å². The van der Waals surface area contributed by atoms with E-state index >= 15 is 0 Å². The summed E-state index contributed by atoms with van der Waals surface area (Å²) in [6, 6.07) is -0.149. The Bertz CT molecular complexity index is 334. The number of carbonyl (C=O) groups excluding carboxylic acids is 1. The van der Waals surface area contributed by atoms with E-state index in [4.69, 9.17) is 5.73 Å². The van der Waals surface area contributed by atoms with Crippen LogP contribution in [0.25, 0.3) is 0 Å². The molecule has 3 N–H and O–H groups in total. The Balaban J connectivity index is 2.24. The van der Waals surface area contributed by atoms with Gasteiger partial charge in [0.15, 0.2) is 9.84 Å². The number of rotatable bonds is 7. The van der Waals surface area contributed by atoms with Gasteiger partial charge in [0.25, 0.3) is 0 Å². The van der Waals surface area contributed by atoms with Gasteiger partial charge in [-0.2, -0.15) is 0 Å². The lowest BCUT2D eigenvalue weighted by Crippen LogP contribution is -2.33. The van der Waals surface area contributed by atoms with Crippen molar-refractivity contribution >= 4 is 15.7 Å². The zero-order valence-corrected chi connectivity index (χ0v) is 10.4. The van der Waals surface area contributed by atoms with Crippen LogP contribution in [0, 0.1) is 5.92 Å². The van der Waals surface area contributed by atoms with Crippen molar-refractivity contribution in [1.82, 2.24) is 5.32 Å². The van der Waals surface area contributed by atoms with Gasteiger partial charge in [-0.25, -0.2) is 8.42 Å². The van der Waals surface area contributed by atoms with E-state index in [1.807, 2.05) is 0 Å². The lowest BCUT2D eigenvalue weighted by atomic mass is 10.3. The number of nitrogens with one attached hydrogen (secondary N) is 1. The van der Waals surface area contributed by atoms with Crippen LogP contribution in [-0.4, -0.2) is 38.4 Å². The lowest BCUT2D eigenvalue weighted by molar-refractivity contribution is -0.118. The summed E-state index contributed by atoms with van der Waals surface area (Å²) in [6.45, 7) is 2.37. The minimum atomic E-state index is -3.30. The van der Waals surface area contributed by atoms with Gasteiger partial charge in [-0.05, 0) is 32.1 Å². The Hall–Kier alpha value is -0.620. The summed E-state index contributed by atoms with van der Waals surface area (Å²) < 4.78 is 23.0. The number of sulfone groups is 1. The summed E-state index contributed by atoms with van der Waals surface area (Å²) in [5.41, 5.74) is 5.47. The van der Waals surface area contributed by atoms with Crippen molar-refractivity contribution in [2.24, 2.45) is 11.7 Å². The second kappa shape index (κ2) is 5.63. The molecule has 94 valence electrons. The molecule has 1 fully saturated rings. The number of carbonyl (C=O) groups is 1. The van der Waals surface area contributed by atoms with E-state index in [1.165, 1.54) is 0 Å². The maximum absolute atomic E-state index is 11.5. The van der Waals surface area contributed by atoms with E-state index in [1.54, 1.807) is 6.92 Å². The van der Waals surface area contributed by atoms with Crippen LogP contribution in [0.2, 0.25) is 0 Å². The van der Waals surface area contributed by atoms with E-state index in [9.17, 15) is 13.2 Å². The zero-order chi connectivity index (χ0) is 12.2. The van der Waals surface area contributed by atoms with Gasteiger partial charge in [-0.15, -0.1) is 0 Å². The van der Waals surface area contributed by atoms with Gasteiger partial charge < -0.3 is 11.1 Å². The second-order valence-corrected chi connectivity index (χ2v) is 6.79. The fourth-order valence-electron chi connectivity index (χ4n) is 1.27. The molecule has 0 heterocycles. The topological polar surface area (TPSA) is 89.3 Å². The smallest absolute Gasteiger partial charge is 0.235 e. The first-order valence-corrected chi connectivity index (χ1v) is 7.44. The summed E-state index contributed by atoms with van der Waals surface area (Å²) in [4.78, 5) is 11.3. The minimum absolute atomic E-state index is 0.0124. The predicted molar refractivity (Wildman–Crippen MR) is 62.7 cm³/mol. The minimum Gasteiger partial charge on any atom is -0.355 e. The van der Waals surface area contributed by atoms with E-state index in [0.717, 1.165) is 12.8 Å². The molecule has 0 saturated heterocycles. The first-order chi connectivity index (χ1) is 7.39.